The molecule has 2 rings (SSSR count). The molecule has 2 heterocycles. The van der Waals surface area contributed by atoms with Gasteiger partial charge in [-0.1, -0.05) is 0 Å². The van der Waals surface area contributed by atoms with Crippen LogP contribution in [-0.4, -0.2) is 21.2 Å². The van der Waals surface area contributed by atoms with Crippen LogP contribution < -0.4 is 0 Å². The molecular formula is C12H13BrN2O2. The summed E-state index contributed by atoms with van der Waals surface area (Å²) in [5.41, 5.74) is 0.967. The highest BCUT2D eigenvalue weighted by molar-refractivity contribution is 9.10. The number of carbonyl (C=O) groups excluding carboxylic acids is 1. The van der Waals surface area contributed by atoms with Crippen LogP contribution in [-0.2, 0) is 4.74 Å². The van der Waals surface area contributed by atoms with E-state index in [9.17, 15) is 4.79 Å². The Kier molecular flexibility index (Phi) is 2.95. The quantitative estimate of drug-likeness (QED) is 0.746. The summed E-state index contributed by atoms with van der Waals surface area (Å²) >= 11 is 3.41. The van der Waals surface area contributed by atoms with Gasteiger partial charge in [-0.05, 0) is 48.8 Å². The maximum atomic E-state index is 12.0. The second-order valence-electron chi connectivity index (χ2n) is 4.69. The molecule has 0 atom stereocenters. The fourth-order valence-corrected chi connectivity index (χ4v) is 2.00. The highest BCUT2D eigenvalue weighted by Crippen LogP contribution is 2.23. The Labute approximate surface area is 108 Å². The van der Waals surface area contributed by atoms with Crippen LogP contribution in [0.2, 0.25) is 0 Å². The molecule has 0 unspecified atom stereocenters. The van der Waals surface area contributed by atoms with Crippen molar-refractivity contribution < 1.29 is 9.53 Å². The minimum absolute atomic E-state index is 0.402. The van der Waals surface area contributed by atoms with Crippen molar-refractivity contribution in [3.8, 4) is 0 Å². The molecule has 0 aliphatic heterocycles. The Hall–Kier alpha value is -1.36. The molecule has 5 heteroatoms. The maximum Gasteiger partial charge on any atom is 0.419 e. The lowest BCUT2D eigenvalue weighted by molar-refractivity contribution is 0.0544. The van der Waals surface area contributed by atoms with Crippen molar-refractivity contribution in [2.24, 2.45) is 0 Å². The van der Waals surface area contributed by atoms with Gasteiger partial charge < -0.3 is 4.74 Å². The topological polar surface area (TPSA) is 44.1 Å². The predicted molar refractivity (Wildman–Crippen MR) is 69.1 cm³/mol. The van der Waals surface area contributed by atoms with Gasteiger partial charge in [-0.3, -0.25) is 4.98 Å². The summed E-state index contributed by atoms with van der Waals surface area (Å²) in [6.07, 6.45) is 2.95. The summed E-state index contributed by atoms with van der Waals surface area (Å²) in [4.78, 5) is 16.2. The van der Waals surface area contributed by atoms with Crippen molar-refractivity contribution in [1.29, 1.82) is 0 Å². The third kappa shape index (κ3) is 2.49. The summed E-state index contributed by atoms with van der Waals surface area (Å²) in [7, 11) is 0. The molecule has 0 spiro atoms. The number of pyridine rings is 1. The molecule has 90 valence electrons. The summed E-state index contributed by atoms with van der Waals surface area (Å²) in [5.74, 6) is 0. The number of ether oxygens (including phenoxy) is 1. The smallest absolute Gasteiger partial charge is 0.419 e. The number of hydrogen-bond donors (Lipinski definition) is 0. The van der Waals surface area contributed by atoms with Gasteiger partial charge in [0.25, 0.3) is 0 Å². The van der Waals surface area contributed by atoms with Crippen LogP contribution in [0.15, 0.2) is 29.0 Å². The van der Waals surface area contributed by atoms with E-state index in [2.05, 4.69) is 20.9 Å². The summed E-state index contributed by atoms with van der Waals surface area (Å²) < 4.78 is 7.59. The molecule has 2 aromatic heterocycles. The van der Waals surface area contributed by atoms with E-state index in [1.165, 1.54) is 4.57 Å². The fraction of sp³-hybridized carbons (Fsp3) is 0.333. The van der Waals surface area contributed by atoms with Crippen molar-refractivity contribution in [1.82, 2.24) is 9.55 Å². The zero-order valence-electron chi connectivity index (χ0n) is 9.90. The minimum atomic E-state index is -0.512. The zero-order chi connectivity index (χ0) is 12.6. The molecule has 0 radical (unpaired) electrons. The van der Waals surface area contributed by atoms with Gasteiger partial charge in [0.15, 0.2) is 0 Å². The summed E-state index contributed by atoms with van der Waals surface area (Å²) in [6, 6.07) is 3.58. The van der Waals surface area contributed by atoms with Crippen LogP contribution in [0.4, 0.5) is 4.79 Å². The average molecular weight is 297 g/mol. The van der Waals surface area contributed by atoms with Gasteiger partial charge in [-0.15, -0.1) is 0 Å². The largest absolute Gasteiger partial charge is 0.443 e. The Morgan fingerprint density at radius 1 is 1.41 bits per heavy atom. The Morgan fingerprint density at radius 3 is 2.76 bits per heavy atom. The van der Waals surface area contributed by atoms with E-state index < -0.39 is 11.7 Å². The van der Waals surface area contributed by atoms with E-state index in [4.69, 9.17) is 4.74 Å². The zero-order valence-corrected chi connectivity index (χ0v) is 11.5. The van der Waals surface area contributed by atoms with Crippen molar-refractivity contribution in [3.05, 3.63) is 29.0 Å². The molecule has 2 aromatic rings. The van der Waals surface area contributed by atoms with E-state index in [0.717, 1.165) is 15.5 Å². The van der Waals surface area contributed by atoms with E-state index >= 15 is 0 Å². The summed E-state index contributed by atoms with van der Waals surface area (Å²) in [5, 5.41) is 0. The molecular weight excluding hydrogens is 284 g/mol. The average Bonchev–Trinajstić information content (AvgIpc) is 2.60. The van der Waals surface area contributed by atoms with Gasteiger partial charge in [0.1, 0.15) is 5.60 Å². The van der Waals surface area contributed by atoms with Crippen molar-refractivity contribution >= 4 is 33.1 Å². The van der Waals surface area contributed by atoms with Crippen LogP contribution in [0.3, 0.4) is 0 Å². The number of halogens is 1. The molecule has 0 saturated carbocycles. The Morgan fingerprint density at radius 2 is 2.12 bits per heavy atom. The van der Waals surface area contributed by atoms with E-state index in [0.29, 0.717) is 0 Å². The minimum Gasteiger partial charge on any atom is -0.443 e. The van der Waals surface area contributed by atoms with Crippen LogP contribution >= 0.6 is 15.9 Å². The second-order valence-corrected chi connectivity index (χ2v) is 5.55. The number of nitrogens with zero attached hydrogens (tertiary/aromatic N) is 2. The lowest BCUT2D eigenvalue weighted by atomic mass is 10.2. The molecule has 0 fully saturated rings. The highest BCUT2D eigenvalue weighted by Gasteiger charge is 2.19. The van der Waals surface area contributed by atoms with Crippen molar-refractivity contribution in [2.45, 2.75) is 26.4 Å². The first-order valence-corrected chi connectivity index (χ1v) is 6.03. The normalized spacial score (nSPS) is 11.8. The third-order valence-corrected chi connectivity index (χ3v) is 2.76. The predicted octanol–water partition coefficient (Wildman–Crippen LogP) is 3.58. The SMILES string of the molecule is CC(C)(C)OC(=O)n1ccc2nccc(Br)c21. The van der Waals surface area contributed by atoms with Gasteiger partial charge in [0.2, 0.25) is 0 Å². The molecule has 0 bridgehead atoms. The first kappa shape index (κ1) is 12.1. The van der Waals surface area contributed by atoms with Crippen LogP contribution in [0.25, 0.3) is 11.0 Å². The van der Waals surface area contributed by atoms with Crippen molar-refractivity contribution in [3.63, 3.8) is 0 Å². The lowest BCUT2D eigenvalue weighted by Gasteiger charge is -2.19. The van der Waals surface area contributed by atoms with Crippen LogP contribution in [0, 0.1) is 0 Å². The molecule has 17 heavy (non-hydrogen) atoms. The van der Waals surface area contributed by atoms with E-state index in [-0.39, 0.29) is 0 Å². The molecule has 4 nitrogen and oxygen atoms in total. The Bertz CT molecular complexity index is 569. The van der Waals surface area contributed by atoms with Crippen LogP contribution in [0.1, 0.15) is 20.8 Å². The van der Waals surface area contributed by atoms with Gasteiger partial charge in [0, 0.05) is 16.9 Å². The molecule has 0 aliphatic rings. The monoisotopic (exact) mass is 296 g/mol. The molecule has 0 N–H and O–H groups in total. The number of fused-ring (bicyclic) bond motifs is 1. The van der Waals surface area contributed by atoms with Gasteiger partial charge in [-0.25, -0.2) is 9.36 Å². The third-order valence-electron chi connectivity index (χ3n) is 2.12. The first-order chi connectivity index (χ1) is 7.88. The first-order valence-electron chi connectivity index (χ1n) is 5.23. The maximum absolute atomic E-state index is 12.0. The molecule has 0 saturated heterocycles. The van der Waals surface area contributed by atoms with E-state index in [1.807, 2.05) is 20.8 Å². The molecule has 0 amide bonds. The number of aromatic nitrogens is 2. The number of carbonyl (C=O) groups is 1. The van der Waals surface area contributed by atoms with Crippen LogP contribution in [0.5, 0.6) is 0 Å². The number of rotatable bonds is 0. The second kappa shape index (κ2) is 4.14. The fourth-order valence-electron chi connectivity index (χ4n) is 1.49. The van der Waals surface area contributed by atoms with Gasteiger partial charge in [0.05, 0.1) is 11.0 Å². The standard InChI is InChI=1S/C12H13BrN2O2/c1-12(2,3)17-11(16)15-7-5-9-10(15)8(13)4-6-14-9/h4-7H,1-3H3. The summed E-state index contributed by atoms with van der Waals surface area (Å²) in [6.45, 7) is 5.51. The van der Waals surface area contributed by atoms with Gasteiger partial charge in [-0.2, -0.15) is 0 Å². The highest BCUT2D eigenvalue weighted by atomic mass is 79.9. The van der Waals surface area contributed by atoms with Crippen molar-refractivity contribution in [2.75, 3.05) is 0 Å². The Balaban J connectivity index is 2.46. The number of hydrogen-bond acceptors (Lipinski definition) is 3. The van der Waals surface area contributed by atoms with E-state index in [1.54, 1.807) is 24.5 Å². The molecule has 0 aromatic carbocycles. The van der Waals surface area contributed by atoms with Gasteiger partial charge >= 0.3 is 6.09 Å². The molecule has 0 aliphatic carbocycles. The lowest BCUT2D eigenvalue weighted by Crippen LogP contribution is -2.26.